The van der Waals surface area contributed by atoms with E-state index in [9.17, 15) is 4.39 Å². The highest BCUT2D eigenvalue weighted by Gasteiger charge is 2.19. The fraction of sp³-hybridized carbons (Fsp3) is 0.471. The Morgan fingerprint density at radius 3 is 2.92 bits per heavy atom. The van der Waals surface area contributed by atoms with E-state index in [-0.39, 0.29) is 18.2 Å². The standard InChI is InChI=1S/C17H22FN3OS.ClH/c1-19-14-3-2-8-21(9-14)10-15-12-23-17(20-15)11-22-16-6-4-13(18)5-7-16;/h4-7,12,14,19H,2-3,8-11H2,1H3;1H. The van der Waals surface area contributed by atoms with E-state index in [1.165, 1.54) is 25.0 Å². The summed E-state index contributed by atoms with van der Waals surface area (Å²) in [5.74, 6) is 0.409. The molecule has 24 heavy (non-hydrogen) atoms. The van der Waals surface area contributed by atoms with Gasteiger partial charge in [0.2, 0.25) is 0 Å². The number of nitrogens with zero attached hydrogens (tertiary/aromatic N) is 2. The minimum atomic E-state index is -0.254. The van der Waals surface area contributed by atoms with Gasteiger partial charge < -0.3 is 10.1 Å². The Bertz CT molecular complexity index is 623. The normalized spacial score (nSPS) is 18.2. The lowest BCUT2D eigenvalue weighted by molar-refractivity contribution is 0.186. The van der Waals surface area contributed by atoms with Crippen molar-refractivity contribution in [3.05, 3.63) is 46.2 Å². The van der Waals surface area contributed by atoms with E-state index >= 15 is 0 Å². The first-order valence-electron chi connectivity index (χ1n) is 7.94. The lowest BCUT2D eigenvalue weighted by Gasteiger charge is -2.31. The summed E-state index contributed by atoms with van der Waals surface area (Å²) in [6.45, 7) is 3.53. The fourth-order valence-electron chi connectivity index (χ4n) is 2.83. The van der Waals surface area contributed by atoms with Crippen LogP contribution in [0.2, 0.25) is 0 Å². The Balaban J connectivity index is 0.00000208. The van der Waals surface area contributed by atoms with Gasteiger partial charge in [0.15, 0.2) is 0 Å². The second-order valence-electron chi connectivity index (χ2n) is 5.84. The van der Waals surface area contributed by atoms with E-state index in [4.69, 9.17) is 4.74 Å². The molecule has 0 saturated carbocycles. The molecule has 0 aliphatic carbocycles. The molecule has 0 bridgehead atoms. The molecule has 1 aliphatic heterocycles. The minimum Gasteiger partial charge on any atom is -0.486 e. The number of ether oxygens (including phenoxy) is 1. The van der Waals surface area contributed by atoms with Crippen LogP contribution in [0.15, 0.2) is 29.6 Å². The van der Waals surface area contributed by atoms with Gasteiger partial charge in [0, 0.05) is 24.5 Å². The van der Waals surface area contributed by atoms with Gasteiger partial charge in [-0.3, -0.25) is 4.90 Å². The molecule has 4 nitrogen and oxygen atoms in total. The predicted molar refractivity (Wildman–Crippen MR) is 97.5 cm³/mol. The molecule has 1 atom stereocenters. The molecule has 3 rings (SSSR count). The van der Waals surface area contributed by atoms with Crippen molar-refractivity contribution in [1.29, 1.82) is 0 Å². The number of halogens is 2. The molecule has 1 aliphatic rings. The van der Waals surface area contributed by atoms with Gasteiger partial charge in [-0.15, -0.1) is 23.7 Å². The number of benzene rings is 1. The quantitative estimate of drug-likeness (QED) is 0.843. The summed E-state index contributed by atoms with van der Waals surface area (Å²) in [4.78, 5) is 7.09. The zero-order valence-corrected chi connectivity index (χ0v) is 15.3. The SMILES string of the molecule is CNC1CCCN(Cc2csc(COc3ccc(F)cc3)n2)C1.Cl. The van der Waals surface area contributed by atoms with Crippen molar-refractivity contribution in [3.8, 4) is 5.75 Å². The van der Waals surface area contributed by atoms with E-state index in [2.05, 4.69) is 20.6 Å². The number of thiazole rings is 1. The first-order chi connectivity index (χ1) is 11.2. The molecule has 132 valence electrons. The number of likely N-dealkylation sites (tertiary alicyclic amines) is 1. The number of hydrogen-bond donors (Lipinski definition) is 1. The van der Waals surface area contributed by atoms with Crippen LogP contribution in [-0.2, 0) is 13.2 Å². The van der Waals surface area contributed by atoms with Crippen molar-refractivity contribution in [1.82, 2.24) is 15.2 Å². The van der Waals surface area contributed by atoms with Crippen molar-refractivity contribution in [2.24, 2.45) is 0 Å². The Morgan fingerprint density at radius 1 is 1.38 bits per heavy atom. The van der Waals surface area contributed by atoms with Gasteiger partial charge in [0.05, 0.1) is 5.69 Å². The van der Waals surface area contributed by atoms with Crippen LogP contribution in [0, 0.1) is 5.82 Å². The molecular formula is C17H23ClFN3OS. The van der Waals surface area contributed by atoms with Crippen molar-refractivity contribution in [2.75, 3.05) is 20.1 Å². The highest BCUT2D eigenvalue weighted by atomic mass is 35.5. The molecule has 2 aromatic rings. The number of rotatable bonds is 6. The summed E-state index contributed by atoms with van der Waals surface area (Å²) in [5.41, 5.74) is 1.10. The molecular weight excluding hydrogens is 349 g/mol. The summed E-state index contributed by atoms with van der Waals surface area (Å²) in [5, 5.41) is 6.42. The first-order valence-corrected chi connectivity index (χ1v) is 8.82. The molecule has 2 heterocycles. The third-order valence-corrected chi connectivity index (χ3v) is 4.95. The Kier molecular flexibility index (Phi) is 7.42. The Morgan fingerprint density at radius 2 is 2.17 bits per heavy atom. The number of nitrogens with one attached hydrogen (secondary N) is 1. The lowest BCUT2D eigenvalue weighted by atomic mass is 10.1. The average Bonchev–Trinajstić information content (AvgIpc) is 3.02. The van der Waals surface area contributed by atoms with E-state index in [1.54, 1.807) is 23.5 Å². The molecule has 0 amide bonds. The van der Waals surface area contributed by atoms with E-state index < -0.39 is 0 Å². The van der Waals surface area contributed by atoms with Crippen molar-refractivity contribution >= 4 is 23.7 Å². The van der Waals surface area contributed by atoms with E-state index in [0.29, 0.717) is 18.4 Å². The van der Waals surface area contributed by atoms with Crippen molar-refractivity contribution in [2.45, 2.75) is 32.0 Å². The van der Waals surface area contributed by atoms with E-state index in [0.717, 1.165) is 30.3 Å². The van der Waals surface area contributed by atoms with Crippen LogP contribution in [0.3, 0.4) is 0 Å². The largest absolute Gasteiger partial charge is 0.486 e. The second-order valence-corrected chi connectivity index (χ2v) is 6.78. The van der Waals surface area contributed by atoms with E-state index in [1.807, 2.05) is 7.05 Å². The van der Waals surface area contributed by atoms with Crippen LogP contribution >= 0.6 is 23.7 Å². The van der Waals surface area contributed by atoms with Gasteiger partial charge in [-0.25, -0.2) is 9.37 Å². The smallest absolute Gasteiger partial charge is 0.140 e. The molecule has 0 spiro atoms. The van der Waals surface area contributed by atoms with Crippen LogP contribution in [0.4, 0.5) is 4.39 Å². The van der Waals surface area contributed by atoms with Crippen LogP contribution in [0.25, 0.3) is 0 Å². The Labute approximate surface area is 152 Å². The number of likely N-dealkylation sites (N-methyl/N-ethyl adjacent to an activating group) is 1. The third-order valence-electron chi connectivity index (χ3n) is 4.07. The van der Waals surface area contributed by atoms with Crippen LogP contribution in [0.5, 0.6) is 5.75 Å². The van der Waals surface area contributed by atoms with Crippen LogP contribution in [0.1, 0.15) is 23.5 Å². The van der Waals surface area contributed by atoms with Gasteiger partial charge in [0.1, 0.15) is 23.2 Å². The third kappa shape index (κ3) is 5.41. The Hall–Kier alpha value is -1.21. The highest BCUT2D eigenvalue weighted by Crippen LogP contribution is 2.18. The first kappa shape index (κ1) is 19.1. The van der Waals surface area contributed by atoms with Gasteiger partial charge in [-0.1, -0.05) is 0 Å². The molecule has 1 aromatic heterocycles. The summed E-state index contributed by atoms with van der Waals surface area (Å²) >= 11 is 1.61. The summed E-state index contributed by atoms with van der Waals surface area (Å²) in [6, 6.07) is 6.66. The summed E-state index contributed by atoms with van der Waals surface area (Å²) in [6.07, 6.45) is 2.48. The number of piperidine rings is 1. The molecule has 1 saturated heterocycles. The predicted octanol–water partition coefficient (Wildman–Crippen LogP) is 3.47. The summed E-state index contributed by atoms with van der Waals surface area (Å²) < 4.78 is 18.5. The maximum atomic E-state index is 12.9. The highest BCUT2D eigenvalue weighted by molar-refractivity contribution is 7.09. The molecule has 1 unspecified atom stereocenters. The van der Waals surface area contributed by atoms with Gasteiger partial charge in [-0.2, -0.15) is 0 Å². The number of hydrogen-bond acceptors (Lipinski definition) is 5. The lowest BCUT2D eigenvalue weighted by Crippen LogP contribution is -2.43. The van der Waals surface area contributed by atoms with Gasteiger partial charge in [-0.05, 0) is 50.7 Å². The topological polar surface area (TPSA) is 37.4 Å². The summed E-state index contributed by atoms with van der Waals surface area (Å²) in [7, 11) is 2.03. The molecule has 0 radical (unpaired) electrons. The fourth-order valence-corrected chi connectivity index (χ4v) is 3.52. The molecule has 1 fully saturated rings. The van der Waals surface area contributed by atoms with Crippen LogP contribution < -0.4 is 10.1 Å². The van der Waals surface area contributed by atoms with Gasteiger partial charge >= 0.3 is 0 Å². The van der Waals surface area contributed by atoms with Crippen molar-refractivity contribution < 1.29 is 9.13 Å². The van der Waals surface area contributed by atoms with Crippen LogP contribution in [-0.4, -0.2) is 36.1 Å². The maximum absolute atomic E-state index is 12.9. The zero-order chi connectivity index (χ0) is 16.1. The number of aromatic nitrogens is 1. The minimum absolute atomic E-state index is 0. The molecule has 7 heteroatoms. The molecule has 1 N–H and O–H groups in total. The van der Waals surface area contributed by atoms with Crippen molar-refractivity contribution in [3.63, 3.8) is 0 Å². The zero-order valence-electron chi connectivity index (χ0n) is 13.7. The average molecular weight is 372 g/mol. The monoisotopic (exact) mass is 371 g/mol. The maximum Gasteiger partial charge on any atom is 0.140 e. The van der Waals surface area contributed by atoms with Gasteiger partial charge in [0.25, 0.3) is 0 Å². The second kappa shape index (κ2) is 9.32. The molecule has 1 aromatic carbocycles.